The SMILES string of the molecule is CN(Cc1cccs1)C(=O)c1cc(Cl)ccn1. The minimum atomic E-state index is -0.124. The lowest BCUT2D eigenvalue weighted by atomic mass is 10.3. The molecule has 17 heavy (non-hydrogen) atoms. The van der Waals surface area contributed by atoms with Gasteiger partial charge < -0.3 is 4.90 Å². The maximum Gasteiger partial charge on any atom is 0.272 e. The van der Waals surface area contributed by atoms with Gasteiger partial charge in [0.05, 0.1) is 6.54 Å². The number of pyridine rings is 1. The molecule has 0 aromatic carbocycles. The van der Waals surface area contributed by atoms with Crippen molar-refractivity contribution in [1.82, 2.24) is 9.88 Å². The highest BCUT2D eigenvalue weighted by Gasteiger charge is 2.13. The van der Waals surface area contributed by atoms with E-state index in [9.17, 15) is 4.79 Å². The first kappa shape index (κ1) is 12.1. The average molecular weight is 267 g/mol. The summed E-state index contributed by atoms with van der Waals surface area (Å²) < 4.78 is 0. The van der Waals surface area contributed by atoms with Crippen molar-refractivity contribution in [3.8, 4) is 0 Å². The maximum absolute atomic E-state index is 12.0. The van der Waals surface area contributed by atoms with E-state index >= 15 is 0 Å². The zero-order valence-electron chi connectivity index (χ0n) is 9.26. The van der Waals surface area contributed by atoms with E-state index in [4.69, 9.17) is 11.6 Å². The number of amides is 1. The van der Waals surface area contributed by atoms with Gasteiger partial charge >= 0.3 is 0 Å². The van der Waals surface area contributed by atoms with Crippen LogP contribution in [0.5, 0.6) is 0 Å². The van der Waals surface area contributed by atoms with Gasteiger partial charge in [0, 0.05) is 23.1 Å². The molecule has 0 aliphatic rings. The predicted molar refractivity (Wildman–Crippen MR) is 69.4 cm³/mol. The summed E-state index contributed by atoms with van der Waals surface area (Å²) in [6.45, 7) is 0.588. The van der Waals surface area contributed by atoms with Crippen molar-refractivity contribution in [2.24, 2.45) is 0 Å². The summed E-state index contributed by atoms with van der Waals surface area (Å²) in [6, 6.07) is 7.20. The molecule has 0 unspecified atom stereocenters. The normalized spacial score (nSPS) is 10.2. The molecule has 2 aromatic rings. The van der Waals surface area contributed by atoms with Crippen molar-refractivity contribution in [1.29, 1.82) is 0 Å². The highest BCUT2D eigenvalue weighted by atomic mass is 35.5. The van der Waals surface area contributed by atoms with Crippen molar-refractivity contribution in [2.75, 3.05) is 7.05 Å². The molecule has 88 valence electrons. The fourth-order valence-electron chi connectivity index (χ4n) is 1.43. The summed E-state index contributed by atoms with van der Waals surface area (Å²) in [6.07, 6.45) is 1.54. The van der Waals surface area contributed by atoms with Gasteiger partial charge in [0.1, 0.15) is 5.69 Å². The number of carbonyl (C=O) groups excluding carboxylic acids is 1. The number of thiophene rings is 1. The second-order valence-electron chi connectivity index (χ2n) is 3.60. The van der Waals surface area contributed by atoms with Gasteiger partial charge in [-0.05, 0) is 23.6 Å². The highest BCUT2D eigenvalue weighted by Crippen LogP contribution is 2.14. The third kappa shape index (κ3) is 3.05. The molecule has 0 N–H and O–H groups in total. The van der Waals surface area contributed by atoms with Gasteiger partial charge in [-0.15, -0.1) is 11.3 Å². The maximum atomic E-state index is 12.0. The van der Waals surface area contributed by atoms with E-state index in [1.54, 1.807) is 35.4 Å². The second-order valence-corrected chi connectivity index (χ2v) is 5.07. The van der Waals surface area contributed by atoms with E-state index in [1.165, 1.54) is 6.20 Å². The smallest absolute Gasteiger partial charge is 0.272 e. The Kier molecular flexibility index (Phi) is 3.76. The molecule has 0 aliphatic carbocycles. The molecule has 2 heterocycles. The minimum Gasteiger partial charge on any atom is -0.335 e. The Morgan fingerprint density at radius 3 is 3.00 bits per heavy atom. The molecule has 2 rings (SSSR count). The fourth-order valence-corrected chi connectivity index (χ4v) is 2.34. The Balaban J connectivity index is 2.09. The van der Waals surface area contributed by atoms with Gasteiger partial charge in [-0.2, -0.15) is 0 Å². The molecule has 0 atom stereocenters. The lowest BCUT2D eigenvalue weighted by Gasteiger charge is -2.15. The van der Waals surface area contributed by atoms with Gasteiger partial charge in [0.2, 0.25) is 0 Å². The molecule has 0 bridgehead atoms. The van der Waals surface area contributed by atoms with Gasteiger partial charge in [0.15, 0.2) is 0 Å². The molecule has 5 heteroatoms. The topological polar surface area (TPSA) is 33.2 Å². The van der Waals surface area contributed by atoms with Crippen LogP contribution >= 0.6 is 22.9 Å². The quantitative estimate of drug-likeness (QED) is 0.855. The largest absolute Gasteiger partial charge is 0.335 e. The van der Waals surface area contributed by atoms with Crippen molar-refractivity contribution in [2.45, 2.75) is 6.54 Å². The standard InChI is InChI=1S/C12H11ClN2OS/c1-15(8-10-3-2-6-17-10)12(16)11-7-9(13)4-5-14-11/h2-7H,8H2,1H3. The third-order valence-corrected chi connectivity index (χ3v) is 3.36. The summed E-state index contributed by atoms with van der Waals surface area (Å²) in [4.78, 5) is 18.8. The Morgan fingerprint density at radius 2 is 2.35 bits per heavy atom. The van der Waals surface area contributed by atoms with Gasteiger partial charge in [-0.25, -0.2) is 0 Å². The van der Waals surface area contributed by atoms with Crippen LogP contribution in [0.2, 0.25) is 5.02 Å². The van der Waals surface area contributed by atoms with E-state index in [2.05, 4.69) is 4.98 Å². The number of carbonyl (C=O) groups is 1. The molecule has 2 aromatic heterocycles. The number of hydrogen-bond acceptors (Lipinski definition) is 3. The van der Waals surface area contributed by atoms with E-state index in [1.807, 2.05) is 17.5 Å². The van der Waals surface area contributed by atoms with Crippen molar-refractivity contribution < 1.29 is 4.79 Å². The van der Waals surface area contributed by atoms with Crippen LogP contribution in [0, 0.1) is 0 Å². The summed E-state index contributed by atoms with van der Waals surface area (Å²) >= 11 is 7.45. The van der Waals surface area contributed by atoms with Crippen LogP contribution in [-0.2, 0) is 6.54 Å². The van der Waals surface area contributed by atoms with Gasteiger partial charge in [-0.3, -0.25) is 9.78 Å². The summed E-state index contributed by atoms with van der Waals surface area (Å²) in [5.41, 5.74) is 0.372. The van der Waals surface area contributed by atoms with Crippen LogP contribution in [0.3, 0.4) is 0 Å². The van der Waals surface area contributed by atoms with Crippen LogP contribution in [0.25, 0.3) is 0 Å². The van der Waals surface area contributed by atoms with Gasteiger partial charge in [-0.1, -0.05) is 17.7 Å². The lowest BCUT2D eigenvalue weighted by molar-refractivity contribution is 0.0780. The highest BCUT2D eigenvalue weighted by molar-refractivity contribution is 7.09. The number of hydrogen-bond donors (Lipinski definition) is 0. The zero-order chi connectivity index (χ0) is 12.3. The van der Waals surface area contributed by atoms with Crippen LogP contribution in [0.1, 0.15) is 15.4 Å². The molecular formula is C12H11ClN2OS. The Bertz CT molecular complexity index is 513. The molecule has 0 aliphatic heterocycles. The van der Waals surface area contributed by atoms with E-state index in [-0.39, 0.29) is 5.91 Å². The number of halogens is 1. The summed E-state index contributed by atoms with van der Waals surface area (Å²) in [5, 5.41) is 2.51. The molecular weight excluding hydrogens is 256 g/mol. The average Bonchev–Trinajstić information content (AvgIpc) is 2.80. The number of rotatable bonds is 3. The summed E-state index contributed by atoms with van der Waals surface area (Å²) in [7, 11) is 1.75. The molecule has 0 spiro atoms. The van der Waals surface area contributed by atoms with Crippen LogP contribution in [0.4, 0.5) is 0 Å². The van der Waals surface area contributed by atoms with Crippen LogP contribution in [0.15, 0.2) is 35.8 Å². The Hall–Kier alpha value is -1.39. The second kappa shape index (κ2) is 5.29. The summed E-state index contributed by atoms with van der Waals surface area (Å²) in [5.74, 6) is -0.124. The van der Waals surface area contributed by atoms with E-state index in [0.717, 1.165) is 4.88 Å². The molecule has 0 radical (unpaired) electrons. The van der Waals surface area contributed by atoms with E-state index < -0.39 is 0 Å². The first-order chi connectivity index (χ1) is 8.16. The molecule has 0 saturated heterocycles. The molecule has 1 amide bonds. The first-order valence-electron chi connectivity index (χ1n) is 5.06. The fraction of sp³-hybridized carbons (Fsp3) is 0.167. The van der Waals surface area contributed by atoms with Crippen molar-refractivity contribution >= 4 is 28.8 Å². The Labute approximate surface area is 109 Å². The van der Waals surface area contributed by atoms with E-state index in [0.29, 0.717) is 17.3 Å². The first-order valence-corrected chi connectivity index (χ1v) is 6.32. The third-order valence-electron chi connectivity index (χ3n) is 2.26. The molecule has 3 nitrogen and oxygen atoms in total. The molecule has 0 saturated carbocycles. The number of aromatic nitrogens is 1. The van der Waals surface area contributed by atoms with Crippen LogP contribution < -0.4 is 0 Å². The number of nitrogens with zero attached hydrogens (tertiary/aromatic N) is 2. The predicted octanol–water partition coefficient (Wildman–Crippen LogP) is 3.07. The Morgan fingerprint density at radius 1 is 1.53 bits per heavy atom. The monoisotopic (exact) mass is 266 g/mol. The van der Waals surface area contributed by atoms with Crippen molar-refractivity contribution in [3.05, 3.63) is 51.4 Å². The van der Waals surface area contributed by atoms with Gasteiger partial charge in [0.25, 0.3) is 5.91 Å². The lowest BCUT2D eigenvalue weighted by Crippen LogP contribution is -2.26. The van der Waals surface area contributed by atoms with Crippen LogP contribution in [-0.4, -0.2) is 22.8 Å². The van der Waals surface area contributed by atoms with Crippen molar-refractivity contribution in [3.63, 3.8) is 0 Å². The zero-order valence-corrected chi connectivity index (χ0v) is 10.8. The molecule has 0 fully saturated rings. The minimum absolute atomic E-state index is 0.124.